The average Bonchev–Trinajstić information content (AvgIpc) is 2.92. The minimum atomic E-state index is -0.744. The molecule has 2 aromatic heterocycles. The van der Waals surface area contributed by atoms with Gasteiger partial charge in [-0.15, -0.1) is 0 Å². The molecule has 3 rings (SSSR count). The van der Waals surface area contributed by atoms with Crippen LogP contribution >= 0.6 is 0 Å². The van der Waals surface area contributed by atoms with Crippen molar-refractivity contribution in [3.63, 3.8) is 0 Å². The summed E-state index contributed by atoms with van der Waals surface area (Å²) in [7, 11) is 0. The normalized spacial score (nSPS) is 27.2. The minimum absolute atomic E-state index is 0.0229. The summed E-state index contributed by atoms with van der Waals surface area (Å²) in [6.45, 7) is -0.257. The van der Waals surface area contributed by atoms with Crippen LogP contribution in [0, 0.1) is 0 Å². The van der Waals surface area contributed by atoms with Crippen LogP contribution in [0.5, 0.6) is 0 Å². The molecule has 2 aromatic rings. The van der Waals surface area contributed by atoms with E-state index in [0.717, 1.165) is 0 Å². The van der Waals surface area contributed by atoms with Crippen molar-refractivity contribution < 1.29 is 14.9 Å². The van der Waals surface area contributed by atoms with Gasteiger partial charge in [0, 0.05) is 12.6 Å². The largest absolute Gasteiger partial charge is 0.394 e. The summed E-state index contributed by atoms with van der Waals surface area (Å²) >= 11 is 0. The van der Waals surface area contributed by atoms with Gasteiger partial charge in [-0.25, -0.2) is 0 Å². The Bertz CT molecular complexity index is 664. The maximum Gasteiger partial charge on any atom is 0.261 e. The number of aliphatic hydroxyl groups is 2. The number of nitrogens with two attached hydrogens (primary N) is 1. The molecular formula is C11H14N4O4. The van der Waals surface area contributed by atoms with Crippen LogP contribution in [0.4, 0.5) is 5.95 Å². The Morgan fingerprint density at radius 2 is 2.42 bits per heavy atom. The number of nitrogens with zero attached hydrogens (tertiary/aromatic N) is 2. The molecule has 19 heavy (non-hydrogen) atoms. The number of aliphatic hydroxyl groups excluding tert-OH is 2. The highest BCUT2D eigenvalue weighted by Crippen LogP contribution is 2.30. The third kappa shape index (κ3) is 1.89. The summed E-state index contributed by atoms with van der Waals surface area (Å²) in [5.41, 5.74) is 5.60. The number of H-pyrrole nitrogens is 1. The zero-order valence-electron chi connectivity index (χ0n) is 9.98. The molecule has 0 radical (unpaired) electrons. The second kappa shape index (κ2) is 4.34. The van der Waals surface area contributed by atoms with Gasteiger partial charge in [0.2, 0.25) is 5.95 Å². The lowest BCUT2D eigenvalue weighted by molar-refractivity contribution is -0.0430. The Kier molecular flexibility index (Phi) is 2.77. The number of rotatable bonds is 2. The Labute approximate surface area is 107 Å². The fraction of sp³-hybridized carbons (Fsp3) is 0.455. The third-order valence-corrected chi connectivity index (χ3v) is 3.29. The van der Waals surface area contributed by atoms with E-state index >= 15 is 0 Å². The molecule has 0 amide bonds. The monoisotopic (exact) mass is 266 g/mol. The first-order valence-corrected chi connectivity index (χ1v) is 5.91. The molecule has 0 aromatic carbocycles. The van der Waals surface area contributed by atoms with E-state index in [1.807, 2.05) is 0 Å². The summed E-state index contributed by atoms with van der Waals surface area (Å²) in [6.07, 6.45) is 0.138. The molecule has 1 saturated heterocycles. The molecular weight excluding hydrogens is 252 g/mol. The molecule has 1 aliphatic heterocycles. The van der Waals surface area contributed by atoms with Gasteiger partial charge < -0.3 is 25.3 Å². The Morgan fingerprint density at radius 3 is 3.11 bits per heavy atom. The van der Waals surface area contributed by atoms with Gasteiger partial charge in [0.15, 0.2) is 5.65 Å². The van der Waals surface area contributed by atoms with E-state index in [-0.39, 0.29) is 18.1 Å². The Hall–Kier alpha value is -1.90. The molecule has 1 aliphatic rings. The van der Waals surface area contributed by atoms with Crippen LogP contribution in [0.25, 0.3) is 11.0 Å². The van der Waals surface area contributed by atoms with Crippen molar-refractivity contribution in [1.29, 1.82) is 0 Å². The SMILES string of the molecule is Nc1nc2c(ccn2[C@@H]2C[C@H](O)[C@@H](CO)O2)c(=O)[nH]1. The van der Waals surface area contributed by atoms with E-state index < -0.39 is 18.4 Å². The van der Waals surface area contributed by atoms with E-state index in [1.165, 1.54) is 0 Å². The Balaban J connectivity index is 2.05. The smallest absolute Gasteiger partial charge is 0.261 e. The van der Waals surface area contributed by atoms with Crippen LogP contribution in [-0.2, 0) is 4.74 Å². The fourth-order valence-electron chi connectivity index (χ4n) is 2.34. The predicted octanol–water partition coefficient (Wildman–Crippen LogP) is -1.05. The highest BCUT2D eigenvalue weighted by molar-refractivity contribution is 5.76. The summed E-state index contributed by atoms with van der Waals surface area (Å²) in [5, 5.41) is 19.2. The molecule has 0 aliphatic carbocycles. The second-order valence-corrected chi connectivity index (χ2v) is 4.53. The molecule has 0 saturated carbocycles. The van der Waals surface area contributed by atoms with Gasteiger partial charge in [-0.05, 0) is 6.07 Å². The van der Waals surface area contributed by atoms with Gasteiger partial charge >= 0.3 is 0 Å². The zero-order chi connectivity index (χ0) is 13.6. The lowest BCUT2D eigenvalue weighted by Crippen LogP contribution is -2.24. The molecule has 8 heteroatoms. The van der Waals surface area contributed by atoms with Gasteiger partial charge in [-0.3, -0.25) is 9.78 Å². The number of fused-ring (bicyclic) bond motifs is 1. The zero-order valence-corrected chi connectivity index (χ0v) is 9.98. The molecule has 0 unspecified atom stereocenters. The van der Waals surface area contributed by atoms with Gasteiger partial charge in [-0.1, -0.05) is 0 Å². The summed E-state index contributed by atoms with van der Waals surface area (Å²) in [5.74, 6) is 0.0229. The number of aromatic amines is 1. The average molecular weight is 266 g/mol. The van der Waals surface area contributed by atoms with Crippen LogP contribution in [0.2, 0.25) is 0 Å². The van der Waals surface area contributed by atoms with Gasteiger partial charge in [-0.2, -0.15) is 4.98 Å². The third-order valence-electron chi connectivity index (χ3n) is 3.29. The molecule has 1 fully saturated rings. The summed E-state index contributed by atoms with van der Waals surface area (Å²) < 4.78 is 7.16. The van der Waals surface area contributed by atoms with Crippen molar-refractivity contribution in [2.75, 3.05) is 12.3 Å². The van der Waals surface area contributed by atoms with Crippen LogP contribution in [-0.4, -0.2) is 43.6 Å². The van der Waals surface area contributed by atoms with E-state index in [9.17, 15) is 9.90 Å². The number of anilines is 1. The van der Waals surface area contributed by atoms with Crippen LogP contribution in [0.15, 0.2) is 17.1 Å². The molecule has 102 valence electrons. The first kappa shape index (κ1) is 12.2. The minimum Gasteiger partial charge on any atom is -0.394 e. The standard InChI is InChI=1S/C11H14N4O4/c12-11-13-9-5(10(18)14-11)1-2-15(9)8-3-6(17)7(4-16)19-8/h1-2,6-8,16-17H,3-4H2,(H3,12,13,14,18)/t6-,7+,8-/m0/s1. The van der Waals surface area contributed by atoms with Crippen molar-refractivity contribution in [1.82, 2.24) is 14.5 Å². The first-order valence-electron chi connectivity index (χ1n) is 5.91. The lowest BCUT2D eigenvalue weighted by Gasteiger charge is -2.14. The number of nitrogens with one attached hydrogen (secondary N) is 1. The maximum atomic E-state index is 11.7. The van der Waals surface area contributed by atoms with Crippen LogP contribution in [0.3, 0.4) is 0 Å². The van der Waals surface area contributed by atoms with Gasteiger partial charge in [0.25, 0.3) is 5.56 Å². The summed E-state index contributed by atoms with van der Waals surface area (Å²) in [6, 6.07) is 1.61. The first-order chi connectivity index (χ1) is 9.10. The van der Waals surface area contributed by atoms with E-state index in [2.05, 4.69) is 9.97 Å². The highest BCUT2D eigenvalue weighted by Gasteiger charge is 2.35. The van der Waals surface area contributed by atoms with Crippen molar-refractivity contribution in [2.24, 2.45) is 0 Å². The number of aromatic nitrogens is 3. The van der Waals surface area contributed by atoms with E-state index in [1.54, 1.807) is 16.8 Å². The Morgan fingerprint density at radius 1 is 1.63 bits per heavy atom. The number of hydrogen-bond acceptors (Lipinski definition) is 6. The van der Waals surface area contributed by atoms with Crippen molar-refractivity contribution in [3.8, 4) is 0 Å². The quantitative estimate of drug-likeness (QED) is 0.549. The van der Waals surface area contributed by atoms with E-state index in [0.29, 0.717) is 17.5 Å². The summed E-state index contributed by atoms with van der Waals surface area (Å²) in [4.78, 5) is 18.2. The van der Waals surface area contributed by atoms with E-state index in [4.69, 9.17) is 15.6 Å². The van der Waals surface area contributed by atoms with Gasteiger partial charge in [0.05, 0.1) is 18.1 Å². The number of ether oxygens (including phenoxy) is 1. The highest BCUT2D eigenvalue weighted by atomic mass is 16.5. The number of hydrogen-bond donors (Lipinski definition) is 4. The van der Waals surface area contributed by atoms with Crippen molar-refractivity contribution >= 4 is 17.0 Å². The van der Waals surface area contributed by atoms with Gasteiger partial charge in [0.1, 0.15) is 12.3 Å². The van der Waals surface area contributed by atoms with Crippen LogP contribution in [0.1, 0.15) is 12.6 Å². The molecule has 8 nitrogen and oxygen atoms in total. The molecule has 3 atom stereocenters. The van der Waals surface area contributed by atoms with Crippen LogP contribution < -0.4 is 11.3 Å². The predicted molar refractivity (Wildman–Crippen MR) is 66.4 cm³/mol. The molecule has 0 spiro atoms. The topological polar surface area (TPSA) is 126 Å². The number of nitrogen functional groups attached to an aromatic ring is 1. The maximum absolute atomic E-state index is 11.7. The second-order valence-electron chi connectivity index (χ2n) is 4.53. The van der Waals surface area contributed by atoms with Crippen molar-refractivity contribution in [2.45, 2.75) is 24.9 Å². The molecule has 3 heterocycles. The van der Waals surface area contributed by atoms with Crippen molar-refractivity contribution in [3.05, 3.63) is 22.6 Å². The molecule has 5 N–H and O–H groups in total. The lowest BCUT2D eigenvalue weighted by atomic mass is 10.2. The molecule has 0 bridgehead atoms. The fourth-order valence-corrected chi connectivity index (χ4v) is 2.34.